The molecule has 2 fully saturated rings. The maximum atomic E-state index is 14.6. The fraction of sp³-hybridized carbons (Fsp3) is 0.647. The minimum atomic E-state index is -0.138. The SMILES string of the molecule is Cc1ccc(F)c([C@H](C2CCCC2)N2CCNCC2)c1Cl.Cl.Cl. The zero-order valence-electron chi connectivity index (χ0n) is 13.5. The first-order chi connectivity index (χ1) is 10.2. The van der Waals surface area contributed by atoms with Crippen LogP contribution in [0.1, 0.15) is 42.9 Å². The van der Waals surface area contributed by atoms with Gasteiger partial charge in [0.05, 0.1) is 5.02 Å². The lowest BCUT2D eigenvalue weighted by Gasteiger charge is -2.39. The van der Waals surface area contributed by atoms with Crippen molar-refractivity contribution in [2.24, 2.45) is 5.92 Å². The number of piperazine rings is 1. The van der Waals surface area contributed by atoms with Crippen molar-refractivity contribution >= 4 is 36.4 Å². The lowest BCUT2D eigenvalue weighted by Crippen LogP contribution is -2.47. The second-order valence-electron chi connectivity index (χ2n) is 6.37. The minimum Gasteiger partial charge on any atom is -0.314 e. The molecule has 23 heavy (non-hydrogen) atoms. The van der Waals surface area contributed by atoms with Crippen LogP contribution in [-0.4, -0.2) is 31.1 Å². The van der Waals surface area contributed by atoms with Gasteiger partial charge in [-0.25, -0.2) is 4.39 Å². The average Bonchev–Trinajstić information content (AvgIpc) is 3.02. The van der Waals surface area contributed by atoms with Crippen molar-refractivity contribution in [3.05, 3.63) is 34.1 Å². The first-order valence-corrected chi connectivity index (χ1v) is 8.45. The summed E-state index contributed by atoms with van der Waals surface area (Å²) in [5.74, 6) is 0.401. The van der Waals surface area contributed by atoms with Gasteiger partial charge in [-0.2, -0.15) is 0 Å². The molecule has 3 rings (SSSR count). The quantitative estimate of drug-likeness (QED) is 0.809. The Labute approximate surface area is 156 Å². The van der Waals surface area contributed by atoms with Gasteiger partial charge in [0, 0.05) is 37.8 Å². The highest BCUT2D eigenvalue weighted by Gasteiger charge is 2.35. The molecular weight excluding hydrogens is 358 g/mol. The third-order valence-corrected chi connectivity index (χ3v) is 5.51. The van der Waals surface area contributed by atoms with Gasteiger partial charge in [0.2, 0.25) is 0 Å². The van der Waals surface area contributed by atoms with Gasteiger partial charge in [0.15, 0.2) is 0 Å². The lowest BCUT2D eigenvalue weighted by atomic mass is 9.88. The predicted octanol–water partition coefficient (Wildman–Crippen LogP) is 4.77. The smallest absolute Gasteiger partial charge is 0.129 e. The Hall–Kier alpha value is -0.0600. The second kappa shape index (κ2) is 9.43. The maximum absolute atomic E-state index is 14.6. The van der Waals surface area contributed by atoms with Crippen LogP contribution in [0.5, 0.6) is 0 Å². The maximum Gasteiger partial charge on any atom is 0.129 e. The number of nitrogens with one attached hydrogen (secondary N) is 1. The van der Waals surface area contributed by atoms with E-state index in [1.165, 1.54) is 25.7 Å². The standard InChI is InChI=1S/C17H24ClFN2.2ClH/c1-12-6-7-14(19)15(16(12)18)17(13-4-2-3-5-13)21-10-8-20-9-11-21;;/h6-7,13,17,20H,2-5,8-11H2,1H3;2*1H/t17-;;/m0../s1. The molecule has 0 amide bonds. The number of hydrogen-bond acceptors (Lipinski definition) is 2. The van der Waals surface area contributed by atoms with E-state index in [1.54, 1.807) is 12.1 Å². The van der Waals surface area contributed by atoms with Crippen molar-refractivity contribution in [2.45, 2.75) is 38.6 Å². The summed E-state index contributed by atoms with van der Waals surface area (Å²) in [4.78, 5) is 2.44. The molecule has 0 bridgehead atoms. The van der Waals surface area contributed by atoms with E-state index >= 15 is 0 Å². The molecule has 1 atom stereocenters. The largest absolute Gasteiger partial charge is 0.314 e. The molecule has 2 nitrogen and oxygen atoms in total. The van der Waals surface area contributed by atoms with E-state index in [1.807, 2.05) is 6.92 Å². The molecule has 1 aromatic rings. The van der Waals surface area contributed by atoms with E-state index in [4.69, 9.17) is 11.6 Å². The Balaban J connectivity index is 0.00000132. The number of hydrogen-bond donors (Lipinski definition) is 1. The molecule has 0 radical (unpaired) electrons. The number of rotatable bonds is 3. The summed E-state index contributed by atoms with van der Waals surface area (Å²) in [5.41, 5.74) is 1.72. The lowest BCUT2D eigenvalue weighted by molar-refractivity contribution is 0.122. The van der Waals surface area contributed by atoms with Crippen LogP contribution in [0.2, 0.25) is 5.02 Å². The first-order valence-electron chi connectivity index (χ1n) is 8.07. The average molecular weight is 384 g/mol. The van der Waals surface area contributed by atoms with Crippen LogP contribution in [-0.2, 0) is 0 Å². The molecule has 1 aromatic carbocycles. The predicted molar refractivity (Wildman–Crippen MR) is 99.8 cm³/mol. The summed E-state index contributed by atoms with van der Waals surface area (Å²) in [6.45, 7) is 5.88. The number of aryl methyl sites for hydroxylation is 1. The summed E-state index contributed by atoms with van der Waals surface area (Å²) in [6.07, 6.45) is 4.91. The van der Waals surface area contributed by atoms with Gasteiger partial charge in [-0.05, 0) is 37.3 Å². The number of halogens is 4. The Bertz CT molecular complexity index is 501. The molecule has 0 spiro atoms. The highest BCUT2D eigenvalue weighted by Crippen LogP contribution is 2.43. The van der Waals surface area contributed by atoms with Crippen LogP contribution in [0.25, 0.3) is 0 Å². The van der Waals surface area contributed by atoms with Gasteiger partial charge in [0.1, 0.15) is 5.82 Å². The molecule has 6 heteroatoms. The summed E-state index contributed by atoms with van der Waals surface area (Å²) < 4.78 is 14.6. The Morgan fingerprint density at radius 2 is 1.78 bits per heavy atom. The van der Waals surface area contributed by atoms with E-state index in [-0.39, 0.29) is 36.7 Å². The van der Waals surface area contributed by atoms with Gasteiger partial charge in [-0.3, -0.25) is 4.90 Å². The molecule has 1 aliphatic heterocycles. The third-order valence-electron chi connectivity index (χ3n) is 5.01. The van der Waals surface area contributed by atoms with Crippen LogP contribution in [0.15, 0.2) is 12.1 Å². The Morgan fingerprint density at radius 3 is 2.39 bits per heavy atom. The third kappa shape index (κ3) is 4.52. The van der Waals surface area contributed by atoms with Crippen LogP contribution in [0.4, 0.5) is 4.39 Å². The Morgan fingerprint density at radius 1 is 1.17 bits per heavy atom. The number of benzene rings is 1. The number of nitrogens with zero attached hydrogens (tertiary/aromatic N) is 1. The zero-order chi connectivity index (χ0) is 14.8. The van der Waals surface area contributed by atoms with Gasteiger partial charge in [-0.15, -0.1) is 24.8 Å². The van der Waals surface area contributed by atoms with Crippen molar-refractivity contribution in [3.8, 4) is 0 Å². The molecule has 1 heterocycles. The van der Waals surface area contributed by atoms with E-state index in [9.17, 15) is 4.39 Å². The zero-order valence-corrected chi connectivity index (χ0v) is 15.9. The summed E-state index contributed by atoms with van der Waals surface area (Å²) in [7, 11) is 0. The van der Waals surface area contributed by atoms with Gasteiger partial charge in [0.25, 0.3) is 0 Å². The monoisotopic (exact) mass is 382 g/mol. The topological polar surface area (TPSA) is 15.3 Å². The van der Waals surface area contributed by atoms with Gasteiger partial charge in [-0.1, -0.05) is 30.5 Å². The fourth-order valence-corrected chi connectivity index (χ4v) is 4.16. The van der Waals surface area contributed by atoms with Crippen molar-refractivity contribution < 1.29 is 4.39 Å². The normalized spacial score (nSPS) is 20.7. The highest BCUT2D eigenvalue weighted by molar-refractivity contribution is 6.32. The van der Waals surface area contributed by atoms with Crippen molar-refractivity contribution in [1.29, 1.82) is 0 Å². The van der Waals surface area contributed by atoms with Crippen LogP contribution in [0, 0.1) is 18.7 Å². The Kier molecular flexibility index (Phi) is 8.60. The van der Waals surface area contributed by atoms with E-state index in [0.29, 0.717) is 10.9 Å². The van der Waals surface area contributed by atoms with Gasteiger partial charge >= 0.3 is 0 Å². The summed E-state index contributed by atoms with van der Waals surface area (Å²) >= 11 is 6.51. The molecule has 0 aromatic heterocycles. The van der Waals surface area contributed by atoms with Crippen LogP contribution < -0.4 is 5.32 Å². The second-order valence-corrected chi connectivity index (χ2v) is 6.75. The summed E-state index contributed by atoms with van der Waals surface area (Å²) in [5, 5.41) is 4.01. The van der Waals surface area contributed by atoms with Crippen LogP contribution in [0.3, 0.4) is 0 Å². The molecule has 1 saturated heterocycles. The van der Waals surface area contributed by atoms with E-state index in [2.05, 4.69) is 10.2 Å². The summed E-state index contributed by atoms with van der Waals surface area (Å²) in [6, 6.07) is 3.51. The van der Waals surface area contributed by atoms with E-state index in [0.717, 1.165) is 37.3 Å². The fourth-order valence-electron chi connectivity index (χ4n) is 3.90. The molecule has 2 aliphatic rings. The van der Waals surface area contributed by atoms with E-state index < -0.39 is 0 Å². The minimum absolute atomic E-state index is 0. The molecule has 132 valence electrons. The van der Waals surface area contributed by atoms with Crippen molar-refractivity contribution in [2.75, 3.05) is 26.2 Å². The van der Waals surface area contributed by atoms with Crippen molar-refractivity contribution in [1.82, 2.24) is 10.2 Å². The highest BCUT2D eigenvalue weighted by atomic mass is 35.5. The molecular formula is C17H26Cl3FN2. The molecule has 1 N–H and O–H groups in total. The van der Waals surface area contributed by atoms with Gasteiger partial charge < -0.3 is 5.32 Å². The molecule has 1 aliphatic carbocycles. The first kappa shape index (κ1) is 21.0. The molecule has 0 unspecified atom stereocenters. The van der Waals surface area contributed by atoms with Crippen molar-refractivity contribution in [3.63, 3.8) is 0 Å². The van der Waals surface area contributed by atoms with Crippen LogP contribution >= 0.6 is 36.4 Å². The molecule has 1 saturated carbocycles.